The molecular weight excluding hydrogens is 388 g/mol. The summed E-state index contributed by atoms with van der Waals surface area (Å²) in [5.74, 6) is 1.68. The minimum absolute atomic E-state index is 0.233. The normalized spacial score (nSPS) is 12.1. The molecule has 0 saturated carbocycles. The Labute approximate surface area is 182 Å². The molecule has 0 aliphatic rings. The van der Waals surface area contributed by atoms with E-state index in [1.165, 1.54) is 0 Å². The van der Waals surface area contributed by atoms with Crippen LogP contribution in [0.4, 0.5) is 5.82 Å². The molecule has 162 valence electrons. The highest BCUT2D eigenvalue weighted by Gasteiger charge is 2.21. The van der Waals surface area contributed by atoms with Crippen LogP contribution in [0.15, 0.2) is 48.9 Å². The first kappa shape index (κ1) is 21.1. The zero-order valence-electron chi connectivity index (χ0n) is 18.8. The summed E-state index contributed by atoms with van der Waals surface area (Å²) in [7, 11) is 0. The van der Waals surface area contributed by atoms with Gasteiger partial charge in [-0.15, -0.1) is 0 Å². The standard InChI is InChI=1S/C25H30N4O2/c1-6-31-20-10-9-17-11-19(8-7-18(17)12-20)21-13-29(14-25(4,5)30)24-22(21)23(26-15-27-24)28-16(2)3/h7-13,15-16,30H,6,14H2,1-5H3,(H,26,27,28). The van der Waals surface area contributed by atoms with E-state index in [0.29, 0.717) is 13.2 Å². The van der Waals surface area contributed by atoms with Crippen LogP contribution in [0.2, 0.25) is 0 Å². The minimum Gasteiger partial charge on any atom is -0.494 e. The summed E-state index contributed by atoms with van der Waals surface area (Å²) < 4.78 is 7.65. The van der Waals surface area contributed by atoms with Crippen LogP contribution in [0.25, 0.3) is 32.9 Å². The maximum Gasteiger partial charge on any atom is 0.146 e. The lowest BCUT2D eigenvalue weighted by atomic mass is 10.0. The molecule has 0 atom stereocenters. The molecule has 0 spiro atoms. The fourth-order valence-electron chi connectivity index (χ4n) is 3.91. The molecular formula is C25H30N4O2. The highest BCUT2D eigenvalue weighted by Crippen LogP contribution is 2.36. The molecule has 2 aromatic carbocycles. The average Bonchev–Trinajstić information content (AvgIpc) is 3.05. The van der Waals surface area contributed by atoms with Gasteiger partial charge in [0.15, 0.2) is 0 Å². The van der Waals surface area contributed by atoms with Crippen molar-refractivity contribution in [3.8, 4) is 16.9 Å². The SMILES string of the molecule is CCOc1ccc2cc(-c3cn(CC(C)(C)O)c4ncnc(NC(C)C)c34)ccc2c1. The van der Waals surface area contributed by atoms with Gasteiger partial charge in [-0.3, -0.25) is 0 Å². The molecule has 4 aromatic rings. The maximum atomic E-state index is 10.4. The number of nitrogens with one attached hydrogen (secondary N) is 1. The van der Waals surface area contributed by atoms with Crippen molar-refractivity contribution in [3.63, 3.8) is 0 Å². The summed E-state index contributed by atoms with van der Waals surface area (Å²) in [5.41, 5.74) is 2.07. The lowest BCUT2D eigenvalue weighted by molar-refractivity contribution is 0.0627. The van der Waals surface area contributed by atoms with E-state index in [9.17, 15) is 5.11 Å². The summed E-state index contributed by atoms with van der Waals surface area (Å²) in [4.78, 5) is 9.08. The van der Waals surface area contributed by atoms with Crippen LogP contribution in [0.3, 0.4) is 0 Å². The molecule has 0 aliphatic carbocycles. The summed E-state index contributed by atoms with van der Waals surface area (Å²) in [6, 6.07) is 12.8. The Hall–Kier alpha value is -3.12. The third-order valence-corrected chi connectivity index (χ3v) is 5.07. The van der Waals surface area contributed by atoms with Crippen molar-refractivity contribution in [1.29, 1.82) is 0 Å². The van der Waals surface area contributed by atoms with E-state index in [4.69, 9.17) is 4.74 Å². The van der Waals surface area contributed by atoms with E-state index in [1.807, 2.05) is 17.6 Å². The van der Waals surface area contributed by atoms with Gasteiger partial charge in [-0.05, 0) is 69.2 Å². The van der Waals surface area contributed by atoms with Gasteiger partial charge in [-0.2, -0.15) is 0 Å². The lowest BCUT2D eigenvalue weighted by Crippen LogP contribution is -2.25. The Morgan fingerprint density at radius 3 is 2.55 bits per heavy atom. The van der Waals surface area contributed by atoms with Crippen molar-refractivity contribution in [3.05, 3.63) is 48.9 Å². The van der Waals surface area contributed by atoms with E-state index < -0.39 is 5.60 Å². The number of benzene rings is 2. The predicted molar refractivity (Wildman–Crippen MR) is 127 cm³/mol. The third-order valence-electron chi connectivity index (χ3n) is 5.07. The number of anilines is 1. The molecule has 0 bridgehead atoms. The topological polar surface area (TPSA) is 72.2 Å². The van der Waals surface area contributed by atoms with Gasteiger partial charge in [0.2, 0.25) is 0 Å². The fourth-order valence-corrected chi connectivity index (χ4v) is 3.91. The van der Waals surface area contributed by atoms with Crippen LogP contribution in [0.1, 0.15) is 34.6 Å². The Bertz CT molecular complexity index is 1220. The molecule has 2 aromatic heterocycles. The zero-order chi connectivity index (χ0) is 22.2. The second-order valence-electron chi connectivity index (χ2n) is 8.86. The molecule has 2 N–H and O–H groups in total. The van der Waals surface area contributed by atoms with E-state index >= 15 is 0 Å². The molecule has 6 heteroatoms. The number of hydrogen-bond donors (Lipinski definition) is 2. The fraction of sp³-hybridized carbons (Fsp3) is 0.360. The molecule has 0 saturated heterocycles. The average molecular weight is 419 g/mol. The van der Waals surface area contributed by atoms with Crippen LogP contribution in [0, 0.1) is 0 Å². The molecule has 4 rings (SSSR count). The van der Waals surface area contributed by atoms with Crippen LogP contribution in [0.5, 0.6) is 5.75 Å². The van der Waals surface area contributed by atoms with Crippen molar-refractivity contribution in [2.45, 2.75) is 52.8 Å². The first-order valence-electron chi connectivity index (χ1n) is 10.7. The molecule has 0 unspecified atom stereocenters. The van der Waals surface area contributed by atoms with Gasteiger partial charge in [0.25, 0.3) is 0 Å². The Balaban J connectivity index is 1.90. The number of fused-ring (bicyclic) bond motifs is 2. The van der Waals surface area contributed by atoms with Crippen molar-refractivity contribution < 1.29 is 9.84 Å². The number of hydrogen-bond acceptors (Lipinski definition) is 5. The largest absolute Gasteiger partial charge is 0.494 e. The quantitative estimate of drug-likeness (QED) is 0.429. The zero-order valence-corrected chi connectivity index (χ0v) is 18.8. The number of aliphatic hydroxyl groups is 1. The molecule has 0 fully saturated rings. The first-order valence-corrected chi connectivity index (χ1v) is 10.7. The molecule has 0 amide bonds. The number of rotatable bonds is 7. The van der Waals surface area contributed by atoms with E-state index in [2.05, 4.69) is 65.7 Å². The monoisotopic (exact) mass is 418 g/mol. The molecule has 2 heterocycles. The summed E-state index contributed by atoms with van der Waals surface area (Å²) in [5, 5.41) is 17.1. The van der Waals surface area contributed by atoms with Crippen molar-refractivity contribution in [1.82, 2.24) is 14.5 Å². The van der Waals surface area contributed by atoms with Crippen LogP contribution in [-0.2, 0) is 6.54 Å². The van der Waals surface area contributed by atoms with Gasteiger partial charge in [0.1, 0.15) is 23.5 Å². The summed E-state index contributed by atoms with van der Waals surface area (Å²) in [6.07, 6.45) is 3.64. The van der Waals surface area contributed by atoms with E-state index in [0.717, 1.165) is 44.5 Å². The Kier molecular flexibility index (Phi) is 5.58. The van der Waals surface area contributed by atoms with E-state index in [1.54, 1.807) is 20.2 Å². The van der Waals surface area contributed by atoms with Gasteiger partial charge >= 0.3 is 0 Å². The van der Waals surface area contributed by atoms with Crippen LogP contribution < -0.4 is 10.1 Å². The predicted octanol–water partition coefficient (Wildman–Crippen LogP) is 5.24. The number of aromatic nitrogens is 3. The second-order valence-corrected chi connectivity index (χ2v) is 8.86. The highest BCUT2D eigenvalue weighted by atomic mass is 16.5. The molecule has 0 aliphatic heterocycles. The van der Waals surface area contributed by atoms with Crippen molar-refractivity contribution in [2.24, 2.45) is 0 Å². The van der Waals surface area contributed by atoms with Gasteiger partial charge in [0.05, 0.1) is 24.1 Å². The van der Waals surface area contributed by atoms with Gasteiger partial charge in [-0.1, -0.05) is 18.2 Å². The van der Waals surface area contributed by atoms with Gasteiger partial charge in [0, 0.05) is 17.8 Å². The number of nitrogens with zero attached hydrogens (tertiary/aromatic N) is 3. The smallest absolute Gasteiger partial charge is 0.146 e. The summed E-state index contributed by atoms with van der Waals surface area (Å²) >= 11 is 0. The Morgan fingerprint density at radius 1 is 1.10 bits per heavy atom. The summed E-state index contributed by atoms with van der Waals surface area (Å²) in [6.45, 7) is 10.9. The Morgan fingerprint density at radius 2 is 1.84 bits per heavy atom. The number of ether oxygens (including phenoxy) is 1. The first-order chi connectivity index (χ1) is 14.7. The van der Waals surface area contributed by atoms with Crippen molar-refractivity contribution in [2.75, 3.05) is 11.9 Å². The van der Waals surface area contributed by atoms with Crippen LogP contribution in [-0.4, -0.2) is 37.9 Å². The molecule has 6 nitrogen and oxygen atoms in total. The second kappa shape index (κ2) is 8.19. The third kappa shape index (κ3) is 4.49. The maximum absolute atomic E-state index is 10.4. The van der Waals surface area contributed by atoms with Gasteiger partial charge in [-0.25, -0.2) is 9.97 Å². The van der Waals surface area contributed by atoms with Gasteiger partial charge < -0.3 is 19.7 Å². The van der Waals surface area contributed by atoms with Crippen LogP contribution >= 0.6 is 0 Å². The van der Waals surface area contributed by atoms with Crippen molar-refractivity contribution >= 4 is 27.6 Å². The van der Waals surface area contributed by atoms with E-state index in [-0.39, 0.29) is 6.04 Å². The highest BCUT2D eigenvalue weighted by molar-refractivity contribution is 6.03. The molecule has 31 heavy (non-hydrogen) atoms. The lowest BCUT2D eigenvalue weighted by Gasteiger charge is -2.18. The molecule has 0 radical (unpaired) electrons. The minimum atomic E-state index is -0.862.